The standard InChI is InChI=1S/C10H17N3O2/c1-2-11-6-3-4-7-13-8-5-9(14)12-10(13)15/h5,8,11H,2-4,6-7H2,1H3,(H,12,14,15). The van der Waals surface area contributed by atoms with Crippen molar-refractivity contribution in [3.8, 4) is 0 Å². The molecule has 1 aromatic rings. The molecular weight excluding hydrogens is 194 g/mol. The molecule has 0 fully saturated rings. The second-order valence-corrected chi connectivity index (χ2v) is 3.36. The fourth-order valence-electron chi connectivity index (χ4n) is 1.33. The third kappa shape index (κ3) is 4.12. The Morgan fingerprint density at radius 1 is 1.40 bits per heavy atom. The molecule has 1 heterocycles. The van der Waals surface area contributed by atoms with Gasteiger partial charge in [-0.3, -0.25) is 9.78 Å². The van der Waals surface area contributed by atoms with Crippen LogP contribution in [0.25, 0.3) is 0 Å². The largest absolute Gasteiger partial charge is 0.328 e. The number of aromatic nitrogens is 2. The lowest BCUT2D eigenvalue weighted by atomic mass is 10.3. The van der Waals surface area contributed by atoms with Gasteiger partial charge in [0.25, 0.3) is 5.56 Å². The lowest BCUT2D eigenvalue weighted by molar-refractivity contribution is 0.557. The first kappa shape index (κ1) is 11.7. The smallest absolute Gasteiger partial charge is 0.317 e. The molecule has 0 aliphatic heterocycles. The van der Waals surface area contributed by atoms with Gasteiger partial charge < -0.3 is 9.88 Å². The first-order valence-corrected chi connectivity index (χ1v) is 5.24. The van der Waals surface area contributed by atoms with Crippen LogP contribution in [0.3, 0.4) is 0 Å². The molecule has 1 rings (SSSR count). The monoisotopic (exact) mass is 211 g/mol. The summed E-state index contributed by atoms with van der Waals surface area (Å²) in [6.07, 6.45) is 3.49. The lowest BCUT2D eigenvalue weighted by Crippen LogP contribution is -2.28. The van der Waals surface area contributed by atoms with Crippen molar-refractivity contribution < 1.29 is 0 Å². The van der Waals surface area contributed by atoms with Crippen LogP contribution in [0.4, 0.5) is 0 Å². The van der Waals surface area contributed by atoms with E-state index in [2.05, 4.69) is 17.2 Å². The molecule has 0 saturated heterocycles. The molecule has 15 heavy (non-hydrogen) atoms. The molecule has 84 valence electrons. The van der Waals surface area contributed by atoms with E-state index in [1.54, 1.807) is 0 Å². The summed E-state index contributed by atoms with van der Waals surface area (Å²) in [5.41, 5.74) is -0.671. The fourth-order valence-corrected chi connectivity index (χ4v) is 1.33. The number of H-pyrrole nitrogens is 1. The Morgan fingerprint density at radius 3 is 2.87 bits per heavy atom. The van der Waals surface area contributed by atoms with E-state index in [0.29, 0.717) is 6.54 Å². The van der Waals surface area contributed by atoms with Crippen LogP contribution in [0, 0.1) is 0 Å². The minimum absolute atomic E-state index is 0.328. The normalized spacial score (nSPS) is 10.5. The third-order valence-electron chi connectivity index (χ3n) is 2.15. The van der Waals surface area contributed by atoms with E-state index in [0.717, 1.165) is 25.9 Å². The molecule has 0 spiro atoms. The van der Waals surface area contributed by atoms with E-state index < -0.39 is 0 Å². The van der Waals surface area contributed by atoms with Crippen molar-refractivity contribution in [3.05, 3.63) is 33.1 Å². The van der Waals surface area contributed by atoms with E-state index in [1.165, 1.54) is 16.8 Å². The first-order valence-electron chi connectivity index (χ1n) is 5.24. The van der Waals surface area contributed by atoms with Crippen molar-refractivity contribution in [2.24, 2.45) is 0 Å². The highest BCUT2D eigenvalue weighted by Gasteiger charge is 1.95. The van der Waals surface area contributed by atoms with Crippen molar-refractivity contribution in [2.75, 3.05) is 13.1 Å². The van der Waals surface area contributed by atoms with Gasteiger partial charge in [0, 0.05) is 18.8 Å². The molecular formula is C10H17N3O2. The summed E-state index contributed by atoms with van der Waals surface area (Å²) >= 11 is 0. The quantitative estimate of drug-likeness (QED) is 0.647. The van der Waals surface area contributed by atoms with E-state index in [4.69, 9.17) is 0 Å². The molecule has 0 atom stereocenters. The van der Waals surface area contributed by atoms with Crippen LogP contribution in [-0.4, -0.2) is 22.6 Å². The topological polar surface area (TPSA) is 66.9 Å². The molecule has 0 saturated carbocycles. The van der Waals surface area contributed by atoms with E-state index in [1.807, 2.05) is 0 Å². The van der Waals surface area contributed by atoms with E-state index in [-0.39, 0.29) is 11.2 Å². The van der Waals surface area contributed by atoms with Crippen molar-refractivity contribution in [3.63, 3.8) is 0 Å². The minimum atomic E-state index is -0.344. The predicted octanol–water partition coefficient (Wildman–Crippen LogP) is -0.0737. The van der Waals surface area contributed by atoms with Crippen molar-refractivity contribution >= 4 is 0 Å². The number of aryl methyl sites for hydroxylation is 1. The van der Waals surface area contributed by atoms with E-state index >= 15 is 0 Å². The zero-order valence-corrected chi connectivity index (χ0v) is 8.95. The summed E-state index contributed by atoms with van der Waals surface area (Å²) in [6.45, 7) is 4.65. The maximum Gasteiger partial charge on any atom is 0.328 e. The highest BCUT2D eigenvalue weighted by atomic mass is 16.2. The second-order valence-electron chi connectivity index (χ2n) is 3.36. The van der Waals surface area contributed by atoms with Gasteiger partial charge in [-0.1, -0.05) is 6.92 Å². The highest BCUT2D eigenvalue weighted by molar-refractivity contribution is 4.82. The summed E-state index contributed by atoms with van der Waals surface area (Å²) in [5.74, 6) is 0. The van der Waals surface area contributed by atoms with Crippen LogP contribution >= 0.6 is 0 Å². The number of aromatic amines is 1. The maximum absolute atomic E-state index is 11.3. The Bertz CT molecular complexity index is 394. The number of rotatable bonds is 6. The van der Waals surface area contributed by atoms with Gasteiger partial charge in [0.1, 0.15) is 0 Å². The van der Waals surface area contributed by atoms with Crippen molar-refractivity contribution in [1.82, 2.24) is 14.9 Å². The SMILES string of the molecule is CCNCCCCn1ccc(=O)[nH]c1=O. The Morgan fingerprint density at radius 2 is 2.20 bits per heavy atom. The number of hydrogen-bond acceptors (Lipinski definition) is 3. The highest BCUT2D eigenvalue weighted by Crippen LogP contribution is 1.90. The number of hydrogen-bond donors (Lipinski definition) is 2. The number of nitrogens with one attached hydrogen (secondary N) is 2. The van der Waals surface area contributed by atoms with Gasteiger partial charge in [0.15, 0.2) is 0 Å². The number of unbranched alkanes of at least 4 members (excludes halogenated alkanes) is 1. The average molecular weight is 211 g/mol. The van der Waals surface area contributed by atoms with Gasteiger partial charge in [-0.25, -0.2) is 4.79 Å². The zero-order valence-electron chi connectivity index (χ0n) is 8.95. The lowest BCUT2D eigenvalue weighted by Gasteiger charge is -2.04. The van der Waals surface area contributed by atoms with Crippen molar-refractivity contribution in [1.29, 1.82) is 0 Å². The van der Waals surface area contributed by atoms with Gasteiger partial charge in [0.05, 0.1) is 0 Å². The van der Waals surface area contributed by atoms with E-state index in [9.17, 15) is 9.59 Å². The first-order chi connectivity index (χ1) is 7.24. The summed E-state index contributed by atoms with van der Waals surface area (Å²) in [5, 5.41) is 3.21. The Hall–Kier alpha value is -1.36. The average Bonchev–Trinajstić information content (AvgIpc) is 2.20. The van der Waals surface area contributed by atoms with Crippen LogP contribution in [0.2, 0.25) is 0 Å². The third-order valence-corrected chi connectivity index (χ3v) is 2.15. The molecule has 1 aromatic heterocycles. The zero-order chi connectivity index (χ0) is 11.1. The fraction of sp³-hybridized carbons (Fsp3) is 0.600. The molecule has 0 bridgehead atoms. The van der Waals surface area contributed by atoms with Crippen LogP contribution < -0.4 is 16.6 Å². The van der Waals surface area contributed by atoms with Crippen LogP contribution in [0.5, 0.6) is 0 Å². The van der Waals surface area contributed by atoms with Crippen molar-refractivity contribution in [2.45, 2.75) is 26.3 Å². The van der Waals surface area contributed by atoms with Gasteiger partial charge >= 0.3 is 5.69 Å². The van der Waals surface area contributed by atoms with Gasteiger partial charge in [-0.15, -0.1) is 0 Å². The Balaban J connectivity index is 2.38. The van der Waals surface area contributed by atoms with Gasteiger partial charge in [-0.05, 0) is 25.9 Å². The maximum atomic E-state index is 11.3. The summed E-state index contributed by atoms with van der Waals surface area (Å²) < 4.78 is 1.52. The molecule has 0 amide bonds. The van der Waals surface area contributed by atoms with Crippen LogP contribution in [0.1, 0.15) is 19.8 Å². The minimum Gasteiger partial charge on any atom is -0.317 e. The van der Waals surface area contributed by atoms with Crippen LogP contribution in [-0.2, 0) is 6.54 Å². The summed E-state index contributed by atoms with van der Waals surface area (Å²) in [7, 11) is 0. The molecule has 0 unspecified atom stereocenters. The number of nitrogens with zero attached hydrogens (tertiary/aromatic N) is 1. The molecule has 0 radical (unpaired) electrons. The molecule has 5 heteroatoms. The predicted molar refractivity (Wildman–Crippen MR) is 59.1 cm³/mol. The Labute approximate surface area is 88.1 Å². The summed E-state index contributed by atoms with van der Waals surface area (Å²) in [4.78, 5) is 24.3. The molecule has 2 N–H and O–H groups in total. The van der Waals surface area contributed by atoms with Gasteiger partial charge in [0.2, 0.25) is 0 Å². The molecule has 0 aromatic carbocycles. The molecule has 5 nitrogen and oxygen atoms in total. The molecule has 0 aliphatic carbocycles. The molecule has 0 aliphatic rings. The van der Waals surface area contributed by atoms with Gasteiger partial charge in [-0.2, -0.15) is 0 Å². The van der Waals surface area contributed by atoms with Crippen LogP contribution in [0.15, 0.2) is 21.9 Å². The Kier molecular flexibility index (Phi) is 4.83. The second kappa shape index (κ2) is 6.19. The summed E-state index contributed by atoms with van der Waals surface area (Å²) in [6, 6.07) is 1.37.